The van der Waals surface area contributed by atoms with Gasteiger partial charge < -0.3 is 4.74 Å². The maximum absolute atomic E-state index is 5.00. The standard InChI is InChI=1S/C10H16N2O/c1-7(2)5-9-6-8(3)11-10(12-9)13-4/h6-7H,5H2,1-4H3. The number of aromatic nitrogens is 2. The van der Waals surface area contributed by atoms with Crippen LogP contribution in [0, 0.1) is 12.8 Å². The molecule has 1 aromatic heterocycles. The molecule has 3 nitrogen and oxygen atoms in total. The average molecular weight is 180 g/mol. The number of aryl methyl sites for hydroxylation is 1. The Kier molecular flexibility index (Phi) is 3.23. The molecule has 0 atom stereocenters. The van der Waals surface area contributed by atoms with Crippen molar-refractivity contribution in [3.05, 3.63) is 17.5 Å². The summed E-state index contributed by atoms with van der Waals surface area (Å²) in [6.45, 7) is 6.29. The second-order valence-corrected chi connectivity index (χ2v) is 3.59. The molecule has 0 radical (unpaired) electrons. The number of hydrogen-bond acceptors (Lipinski definition) is 3. The summed E-state index contributed by atoms with van der Waals surface area (Å²) < 4.78 is 5.00. The lowest BCUT2D eigenvalue weighted by molar-refractivity contribution is 0.376. The zero-order valence-corrected chi connectivity index (χ0v) is 8.66. The van der Waals surface area contributed by atoms with Crippen molar-refractivity contribution >= 4 is 0 Å². The molecule has 1 aromatic rings. The molecule has 0 spiro atoms. The highest BCUT2D eigenvalue weighted by Gasteiger charge is 2.03. The minimum absolute atomic E-state index is 0.468. The Balaban J connectivity index is 2.88. The molecule has 0 unspecified atom stereocenters. The summed E-state index contributed by atoms with van der Waals surface area (Å²) in [7, 11) is 1.59. The summed E-state index contributed by atoms with van der Waals surface area (Å²) in [5.41, 5.74) is 2.02. The van der Waals surface area contributed by atoms with Crippen LogP contribution in [0.1, 0.15) is 25.2 Å². The fraction of sp³-hybridized carbons (Fsp3) is 0.600. The van der Waals surface area contributed by atoms with Gasteiger partial charge in [0.1, 0.15) is 0 Å². The van der Waals surface area contributed by atoms with Crippen molar-refractivity contribution in [2.45, 2.75) is 27.2 Å². The third kappa shape index (κ3) is 3.01. The zero-order chi connectivity index (χ0) is 9.84. The first-order valence-corrected chi connectivity index (χ1v) is 4.50. The molecule has 13 heavy (non-hydrogen) atoms. The van der Waals surface area contributed by atoms with Crippen LogP contribution in [0.3, 0.4) is 0 Å². The lowest BCUT2D eigenvalue weighted by atomic mass is 10.1. The lowest BCUT2D eigenvalue weighted by Gasteiger charge is -2.06. The van der Waals surface area contributed by atoms with Crippen molar-refractivity contribution in [2.24, 2.45) is 5.92 Å². The van der Waals surface area contributed by atoms with Crippen LogP contribution in [0.25, 0.3) is 0 Å². The third-order valence-corrected chi connectivity index (χ3v) is 1.69. The van der Waals surface area contributed by atoms with Gasteiger partial charge in [0.05, 0.1) is 7.11 Å². The minimum Gasteiger partial charge on any atom is -0.467 e. The van der Waals surface area contributed by atoms with Crippen LogP contribution in [0.2, 0.25) is 0 Å². The van der Waals surface area contributed by atoms with Crippen LogP contribution in [0.4, 0.5) is 0 Å². The third-order valence-electron chi connectivity index (χ3n) is 1.69. The summed E-state index contributed by atoms with van der Waals surface area (Å²) in [6.07, 6.45) is 0.972. The van der Waals surface area contributed by atoms with Crippen molar-refractivity contribution in [1.29, 1.82) is 0 Å². The second kappa shape index (κ2) is 4.21. The average Bonchev–Trinajstić information content (AvgIpc) is 2.01. The van der Waals surface area contributed by atoms with Crippen LogP contribution in [-0.4, -0.2) is 17.1 Å². The van der Waals surface area contributed by atoms with Gasteiger partial charge in [-0.25, -0.2) is 9.97 Å². The number of ether oxygens (including phenoxy) is 1. The lowest BCUT2D eigenvalue weighted by Crippen LogP contribution is -2.02. The van der Waals surface area contributed by atoms with Crippen LogP contribution < -0.4 is 4.74 Å². The van der Waals surface area contributed by atoms with E-state index in [9.17, 15) is 0 Å². The molecule has 3 heteroatoms. The number of hydrogen-bond donors (Lipinski definition) is 0. The molecule has 1 rings (SSSR count). The highest BCUT2D eigenvalue weighted by Crippen LogP contribution is 2.10. The first kappa shape index (κ1) is 9.96. The van der Waals surface area contributed by atoms with E-state index < -0.39 is 0 Å². The van der Waals surface area contributed by atoms with Gasteiger partial charge in [-0.05, 0) is 25.3 Å². The van der Waals surface area contributed by atoms with Crippen molar-refractivity contribution < 1.29 is 4.74 Å². The highest BCUT2D eigenvalue weighted by atomic mass is 16.5. The molecule has 0 fully saturated rings. The van der Waals surface area contributed by atoms with Crippen molar-refractivity contribution in [3.63, 3.8) is 0 Å². The fourth-order valence-corrected chi connectivity index (χ4v) is 1.22. The number of methoxy groups -OCH3 is 1. The minimum atomic E-state index is 0.468. The Morgan fingerprint density at radius 1 is 1.38 bits per heavy atom. The Morgan fingerprint density at radius 2 is 2.08 bits per heavy atom. The van der Waals surface area contributed by atoms with Gasteiger partial charge in [-0.15, -0.1) is 0 Å². The molecule has 0 aliphatic carbocycles. The van der Waals surface area contributed by atoms with Crippen molar-refractivity contribution in [3.8, 4) is 6.01 Å². The van der Waals surface area contributed by atoms with E-state index in [0.29, 0.717) is 11.9 Å². The van der Waals surface area contributed by atoms with Crippen LogP contribution in [0.5, 0.6) is 6.01 Å². The van der Waals surface area contributed by atoms with E-state index >= 15 is 0 Å². The van der Waals surface area contributed by atoms with Gasteiger partial charge in [0.25, 0.3) is 0 Å². The zero-order valence-electron chi connectivity index (χ0n) is 8.66. The maximum Gasteiger partial charge on any atom is 0.316 e. The summed E-state index contributed by atoms with van der Waals surface area (Å²) in [4.78, 5) is 8.39. The van der Waals surface area contributed by atoms with Crippen LogP contribution in [-0.2, 0) is 6.42 Å². The molecule has 72 valence electrons. The van der Waals surface area contributed by atoms with Crippen LogP contribution >= 0.6 is 0 Å². The Morgan fingerprint density at radius 3 is 2.62 bits per heavy atom. The largest absolute Gasteiger partial charge is 0.467 e. The molecule has 0 aromatic carbocycles. The Bertz CT molecular complexity index is 284. The van der Waals surface area contributed by atoms with E-state index in [0.717, 1.165) is 17.8 Å². The van der Waals surface area contributed by atoms with E-state index in [2.05, 4.69) is 23.8 Å². The molecule has 0 amide bonds. The topological polar surface area (TPSA) is 35.0 Å². The number of rotatable bonds is 3. The summed E-state index contributed by atoms with van der Waals surface area (Å²) in [5, 5.41) is 0. The van der Waals surface area contributed by atoms with E-state index in [1.165, 1.54) is 0 Å². The molecular weight excluding hydrogens is 164 g/mol. The van der Waals surface area contributed by atoms with E-state index in [-0.39, 0.29) is 0 Å². The van der Waals surface area contributed by atoms with E-state index in [1.807, 2.05) is 13.0 Å². The normalized spacial score (nSPS) is 10.5. The second-order valence-electron chi connectivity index (χ2n) is 3.59. The quantitative estimate of drug-likeness (QED) is 0.713. The Labute approximate surface area is 79.2 Å². The monoisotopic (exact) mass is 180 g/mol. The van der Waals surface area contributed by atoms with Gasteiger partial charge in [-0.1, -0.05) is 13.8 Å². The molecule has 0 aliphatic rings. The first-order chi connectivity index (χ1) is 6.11. The first-order valence-electron chi connectivity index (χ1n) is 4.50. The predicted octanol–water partition coefficient (Wildman–Crippen LogP) is 1.99. The van der Waals surface area contributed by atoms with Gasteiger partial charge in [-0.3, -0.25) is 0 Å². The molecule has 0 saturated carbocycles. The molecule has 0 N–H and O–H groups in total. The molecule has 1 heterocycles. The van der Waals surface area contributed by atoms with E-state index in [4.69, 9.17) is 4.74 Å². The van der Waals surface area contributed by atoms with Crippen molar-refractivity contribution in [1.82, 2.24) is 9.97 Å². The van der Waals surface area contributed by atoms with Crippen molar-refractivity contribution in [2.75, 3.05) is 7.11 Å². The molecular formula is C10H16N2O. The SMILES string of the molecule is COc1nc(C)cc(CC(C)C)n1. The van der Waals surface area contributed by atoms with Gasteiger partial charge in [0, 0.05) is 11.4 Å². The van der Waals surface area contributed by atoms with Gasteiger partial charge in [-0.2, -0.15) is 0 Å². The van der Waals surface area contributed by atoms with Gasteiger partial charge in [0.15, 0.2) is 0 Å². The summed E-state index contributed by atoms with van der Waals surface area (Å²) >= 11 is 0. The summed E-state index contributed by atoms with van der Waals surface area (Å²) in [5.74, 6) is 0.610. The fourth-order valence-electron chi connectivity index (χ4n) is 1.22. The molecule has 0 saturated heterocycles. The van der Waals surface area contributed by atoms with Gasteiger partial charge in [0.2, 0.25) is 0 Å². The highest BCUT2D eigenvalue weighted by molar-refractivity contribution is 5.12. The smallest absolute Gasteiger partial charge is 0.316 e. The number of nitrogens with zero attached hydrogens (tertiary/aromatic N) is 2. The molecule has 0 bridgehead atoms. The summed E-state index contributed by atoms with van der Waals surface area (Å²) in [6, 6.07) is 2.47. The Hall–Kier alpha value is -1.12. The molecule has 0 aliphatic heterocycles. The van der Waals surface area contributed by atoms with E-state index in [1.54, 1.807) is 7.11 Å². The predicted molar refractivity (Wildman–Crippen MR) is 51.9 cm³/mol. The maximum atomic E-state index is 5.00. The van der Waals surface area contributed by atoms with Gasteiger partial charge >= 0.3 is 6.01 Å². The van der Waals surface area contributed by atoms with Crippen LogP contribution in [0.15, 0.2) is 6.07 Å².